The molecule has 0 bridgehead atoms. The van der Waals surface area contributed by atoms with Crippen molar-refractivity contribution in [1.82, 2.24) is 25.2 Å². The van der Waals surface area contributed by atoms with Gasteiger partial charge in [-0.3, -0.25) is 9.36 Å². The molecule has 0 atom stereocenters. The number of piperazine rings is 1. The predicted octanol–water partition coefficient (Wildman–Crippen LogP) is 1.70. The van der Waals surface area contributed by atoms with Crippen LogP contribution in [0, 0.1) is 11.6 Å². The van der Waals surface area contributed by atoms with Gasteiger partial charge in [0.15, 0.2) is 11.6 Å². The van der Waals surface area contributed by atoms with E-state index in [0.717, 1.165) is 12.1 Å². The molecule has 1 aliphatic rings. The maximum Gasteiger partial charge on any atom is 0.339 e. The summed E-state index contributed by atoms with van der Waals surface area (Å²) >= 11 is 4.88. The number of anilines is 1. The van der Waals surface area contributed by atoms with Crippen molar-refractivity contribution in [2.75, 3.05) is 58.6 Å². The summed E-state index contributed by atoms with van der Waals surface area (Å²) < 4.78 is 57.7. The maximum atomic E-state index is 14.9. The van der Waals surface area contributed by atoms with Crippen molar-refractivity contribution in [3.63, 3.8) is 0 Å². The molecule has 0 saturated carbocycles. The van der Waals surface area contributed by atoms with E-state index in [1.807, 2.05) is 0 Å². The lowest BCUT2D eigenvalue weighted by atomic mass is 10.2. The number of carbonyl (C=O) groups is 1. The first-order valence-corrected chi connectivity index (χ1v) is 12.3. The van der Waals surface area contributed by atoms with E-state index in [0.29, 0.717) is 5.69 Å². The van der Waals surface area contributed by atoms with Crippen LogP contribution in [0.5, 0.6) is 0 Å². The van der Waals surface area contributed by atoms with Crippen LogP contribution in [0.3, 0.4) is 0 Å². The first kappa shape index (κ1) is 25.9. The van der Waals surface area contributed by atoms with Gasteiger partial charge in [-0.15, -0.1) is 5.10 Å². The van der Waals surface area contributed by atoms with Crippen molar-refractivity contribution in [3.8, 4) is 5.69 Å². The van der Waals surface area contributed by atoms with Crippen LogP contribution in [-0.4, -0.2) is 84.6 Å². The molecule has 11 nitrogen and oxygen atoms in total. The van der Waals surface area contributed by atoms with Crippen molar-refractivity contribution < 1.29 is 31.9 Å². The van der Waals surface area contributed by atoms with E-state index in [4.69, 9.17) is 26.0 Å². The van der Waals surface area contributed by atoms with Gasteiger partial charge in [0, 0.05) is 52.5 Å². The number of aromatic nitrogens is 3. The molecule has 2 heterocycles. The minimum atomic E-state index is -3.49. The SMILES string of the molecule is COC(=S)NCc1cn(-c2cc(F)c(N3CCN(C(=O)CP(=O)(OC)OC)CC3)c(F)c2)nn1. The Hall–Kier alpha value is -2.67. The summed E-state index contributed by atoms with van der Waals surface area (Å²) in [6.45, 7) is 1.04. The molecule has 1 saturated heterocycles. The van der Waals surface area contributed by atoms with E-state index >= 15 is 0 Å². The lowest BCUT2D eigenvalue weighted by molar-refractivity contribution is -0.129. The third-order valence-corrected chi connectivity index (χ3v) is 7.32. The van der Waals surface area contributed by atoms with Crippen LogP contribution in [0.15, 0.2) is 18.3 Å². The number of nitrogens with one attached hydrogen (secondary N) is 1. The first-order valence-electron chi connectivity index (χ1n) is 10.2. The highest BCUT2D eigenvalue weighted by atomic mass is 32.1. The Kier molecular flexibility index (Phi) is 8.52. The molecule has 1 amide bonds. The summed E-state index contributed by atoms with van der Waals surface area (Å²) in [6, 6.07) is 2.32. The molecule has 1 aliphatic heterocycles. The monoisotopic (exact) mass is 518 g/mol. The number of nitrogens with zero attached hydrogens (tertiary/aromatic N) is 5. The van der Waals surface area contributed by atoms with Gasteiger partial charge in [-0.25, -0.2) is 13.5 Å². The lowest BCUT2D eigenvalue weighted by Crippen LogP contribution is -2.50. The second-order valence-corrected chi connectivity index (χ2v) is 9.90. The molecule has 1 aromatic carbocycles. The van der Waals surface area contributed by atoms with Crippen molar-refractivity contribution in [2.24, 2.45) is 0 Å². The quantitative estimate of drug-likeness (QED) is 0.410. The van der Waals surface area contributed by atoms with E-state index in [9.17, 15) is 18.1 Å². The summed E-state index contributed by atoms with van der Waals surface area (Å²) in [5.41, 5.74) is 0.467. The summed E-state index contributed by atoms with van der Waals surface area (Å²) in [6.07, 6.45) is 1.12. The fourth-order valence-electron chi connectivity index (χ4n) is 3.38. The summed E-state index contributed by atoms with van der Waals surface area (Å²) in [5.74, 6) is -1.95. The minimum absolute atomic E-state index is 0.163. The van der Waals surface area contributed by atoms with Crippen LogP contribution in [0.2, 0.25) is 0 Å². The Morgan fingerprint density at radius 2 is 1.76 bits per heavy atom. The van der Waals surface area contributed by atoms with Gasteiger partial charge in [0.2, 0.25) is 5.91 Å². The number of benzene rings is 1. The largest absolute Gasteiger partial charge is 0.474 e. The number of methoxy groups -OCH3 is 1. The molecule has 0 spiro atoms. The third-order valence-electron chi connectivity index (χ3n) is 5.24. The molecular formula is C19H25F2N6O5PS. The number of thiocarbonyl (C=S) groups is 1. The van der Waals surface area contributed by atoms with E-state index in [2.05, 4.69) is 15.6 Å². The topological polar surface area (TPSA) is 111 Å². The van der Waals surface area contributed by atoms with E-state index in [-0.39, 0.29) is 49.3 Å². The first-order chi connectivity index (χ1) is 16.2. The van der Waals surface area contributed by atoms with Crippen LogP contribution in [-0.2, 0) is 29.7 Å². The van der Waals surface area contributed by atoms with Crippen molar-refractivity contribution >= 4 is 36.6 Å². The Balaban J connectivity index is 1.66. The van der Waals surface area contributed by atoms with E-state index in [1.165, 1.54) is 42.0 Å². The second kappa shape index (κ2) is 11.2. The zero-order valence-corrected chi connectivity index (χ0v) is 20.6. The predicted molar refractivity (Wildman–Crippen MR) is 123 cm³/mol. The molecule has 1 fully saturated rings. The van der Waals surface area contributed by atoms with Gasteiger partial charge in [0.05, 0.1) is 25.5 Å². The van der Waals surface area contributed by atoms with Crippen molar-refractivity contribution in [1.29, 1.82) is 0 Å². The van der Waals surface area contributed by atoms with Gasteiger partial charge < -0.3 is 28.9 Å². The van der Waals surface area contributed by atoms with Crippen LogP contribution < -0.4 is 10.2 Å². The second-order valence-electron chi connectivity index (χ2n) is 7.26. The highest BCUT2D eigenvalue weighted by molar-refractivity contribution is 7.80. The molecule has 3 rings (SSSR count). The maximum absolute atomic E-state index is 14.9. The number of halogens is 2. The average molecular weight is 518 g/mol. The molecule has 2 aromatic rings. The molecular weight excluding hydrogens is 493 g/mol. The van der Waals surface area contributed by atoms with Gasteiger partial charge in [0.25, 0.3) is 5.17 Å². The average Bonchev–Trinajstić information content (AvgIpc) is 3.31. The lowest BCUT2D eigenvalue weighted by Gasteiger charge is -2.36. The Labute approximate surface area is 200 Å². The van der Waals surface area contributed by atoms with Gasteiger partial charge in [-0.2, -0.15) is 0 Å². The van der Waals surface area contributed by atoms with Gasteiger partial charge in [0.1, 0.15) is 17.5 Å². The van der Waals surface area contributed by atoms with E-state index < -0.39 is 31.3 Å². The summed E-state index contributed by atoms with van der Waals surface area (Å²) in [5, 5.41) is 10.8. The molecule has 1 aromatic heterocycles. The number of ether oxygens (including phenoxy) is 1. The standard InChI is InChI=1S/C19H25F2N6O5PS/c1-30-19(34)22-10-13-11-27(24-23-13)14-8-15(20)18(16(21)9-14)26-6-4-25(5-7-26)17(28)12-33(29,31-2)32-3/h8-9,11H,4-7,10,12H2,1-3H3,(H,22,34). The number of rotatable bonds is 8. The molecule has 186 valence electrons. The van der Waals surface area contributed by atoms with Gasteiger partial charge >= 0.3 is 7.60 Å². The number of hydrogen-bond acceptors (Lipinski definition) is 9. The summed E-state index contributed by atoms with van der Waals surface area (Å²) in [7, 11) is 0.350. The fraction of sp³-hybridized carbons (Fsp3) is 0.474. The molecule has 34 heavy (non-hydrogen) atoms. The normalized spacial score (nSPS) is 14.3. The van der Waals surface area contributed by atoms with Crippen molar-refractivity contribution in [2.45, 2.75) is 6.54 Å². The summed E-state index contributed by atoms with van der Waals surface area (Å²) in [4.78, 5) is 15.4. The molecule has 0 radical (unpaired) electrons. The zero-order valence-electron chi connectivity index (χ0n) is 18.9. The van der Waals surface area contributed by atoms with Gasteiger partial charge in [-0.05, 0) is 12.2 Å². The third kappa shape index (κ3) is 6.06. The number of amides is 1. The van der Waals surface area contributed by atoms with Crippen LogP contribution in [0.1, 0.15) is 5.69 Å². The van der Waals surface area contributed by atoms with Crippen LogP contribution in [0.4, 0.5) is 14.5 Å². The number of carbonyl (C=O) groups excluding carboxylic acids is 1. The number of hydrogen-bond donors (Lipinski definition) is 1. The van der Waals surface area contributed by atoms with Crippen LogP contribution in [0.25, 0.3) is 5.69 Å². The highest BCUT2D eigenvalue weighted by Gasteiger charge is 2.31. The molecule has 0 unspecified atom stereocenters. The molecule has 1 N–H and O–H groups in total. The molecule has 0 aliphatic carbocycles. The van der Waals surface area contributed by atoms with Crippen molar-refractivity contribution in [3.05, 3.63) is 35.7 Å². The Morgan fingerprint density at radius 3 is 2.32 bits per heavy atom. The van der Waals surface area contributed by atoms with E-state index in [1.54, 1.807) is 0 Å². The Bertz CT molecular complexity index is 1060. The Morgan fingerprint density at radius 1 is 1.15 bits per heavy atom. The molecule has 15 heteroatoms. The zero-order chi connectivity index (χ0) is 24.9. The fourth-order valence-corrected chi connectivity index (χ4v) is 4.39. The highest BCUT2D eigenvalue weighted by Crippen LogP contribution is 2.46. The minimum Gasteiger partial charge on any atom is -0.474 e. The van der Waals surface area contributed by atoms with Gasteiger partial charge in [-0.1, -0.05) is 5.21 Å². The smallest absolute Gasteiger partial charge is 0.339 e. The van der Waals surface area contributed by atoms with Crippen LogP contribution >= 0.6 is 19.8 Å².